The Morgan fingerprint density at radius 3 is 2.33 bits per heavy atom. The van der Waals surface area contributed by atoms with Crippen LogP contribution in [0.25, 0.3) is 10.8 Å². The van der Waals surface area contributed by atoms with Gasteiger partial charge in [-0.3, -0.25) is 0 Å². The van der Waals surface area contributed by atoms with Crippen molar-refractivity contribution in [2.75, 3.05) is 6.26 Å². The minimum atomic E-state index is -3.23. The predicted molar refractivity (Wildman–Crippen MR) is 57.0 cm³/mol. The van der Waals surface area contributed by atoms with Crippen molar-refractivity contribution in [3.05, 3.63) is 42.2 Å². The molecular weight excluding hydrogens is 215 g/mol. The number of halogens is 1. The fourth-order valence-corrected chi connectivity index (χ4v) is 2.08. The molecule has 78 valence electrons. The van der Waals surface area contributed by atoms with Crippen molar-refractivity contribution in [3.63, 3.8) is 0 Å². The van der Waals surface area contributed by atoms with E-state index in [1.165, 1.54) is 24.3 Å². The molecule has 0 amide bonds. The highest BCUT2D eigenvalue weighted by Gasteiger charge is 2.07. The molecule has 0 atom stereocenters. The summed E-state index contributed by atoms with van der Waals surface area (Å²) in [6.07, 6.45) is 1.13. The highest BCUT2D eigenvalue weighted by Crippen LogP contribution is 2.19. The number of sulfone groups is 1. The molecular formula is C11H9FO2S. The average Bonchev–Trinajstić information content (AvgIpc) is 2.15. The van der Waals surface area contributed by atoms with Gasteiger partial charge in [0.25, 0.3) is 0 Å². The van der Waals surface area contributed by atoms with Crippen molar-refractivity contribution < 1.29 is 12.8 Å². The summed E-state index contributed by atoms with van der Waals surface area (Å²) in [7, 11) is -3.23. The van der Waals surface area contributed by atoms with Crippen LogP contribution in [0.1, 0.15) is 0 Å². The lowest BCUT2D eigenvalue weighted by molar-refractivity contribution is 0.602. The summed E-state index contributed by atoms with van der Waals surface area (Å²) < 4.78 is 35.5. The molecule has 0 radical (unpaired) electrons. The number of hydrogen-bond donors (Lipinski definition) is 0. The Morgan fingerprint density at radius 1 is 1.00 bits per heavy atom. The summed E-state index contributed by atoms with van der Waals surface area (Å²) in [5.74, 6) is -0.367. The van der Waals surface area contributed by atoms with Crippen LogP contribution in [0.3, 0.4) is 0 Å². The molecule has 4 heteroatoms. The third-order valence-corrected chi connectivity index (χ3v) is 3.31. The van der Waals surface area contributed by atoms with Crippen LogP contribution in [0.15, 0.2) is 41.3 Å². The second-order valence-electron chi connectivity index (χ2n) is 3.43. The highest BCUT2D eigenvalue weighted by atomic mass is 32.2. The first-order valence-electron chi connectivity index (χ1n) is 4.36. The lowest BCUT2D eigenvalue weighted by Crippen LogP contribution is -1.96. The Kier molecular flexibility index (Phi) is 2.23. The van der Waals surface area contributed by atoms with Gasteiger partial charge in [0.15, 0.2) is 9.84 Å². The molecule has 2 nitrogen and oxygen atoms in total. The molecule has 0 saturated carbocycles. The van der Waals surface area contributed by atoms with Crippen molar-refractivity contribution >= 4 is 20.6 Å². The molecule has 0 N–H and O–H groups in total. The van der Waals surface area contributed by atoms with Crippen molar-refractivity contribution in [3.8, 4) is 0 Å². The van der Waals surface area contributed by atoms with Gasteiger partial charge in [0.05, 0.1) is 4.90 Å². The van der Waals surface area contributed by atoms with Crippen LogP contribution in [0, 0.1) is 5.82 Å². The van der Waals surface area contributed by atoms with Gasteiger partial charge in [-0.25, -0.2) is 12.8 Å². The maximum Gasteiger partial charge on any atom is 0.175 e. The zero-order valence-electron chi connectivity index (χ0n) is 8.07. The van der Waals surface area contributed by atoms with Gasteiger partial charge in [-0.15, -0.1) is 0 Å². The van der Waals surface area contributed by atoms with Crippen LogP contribution < -0.4 is 0 Å². The molecule has 2 aromatic carbocycles. The van der Waals surface area contributed by atoms with Crippen molar-refractivity contribution in [2.45, 2.75) is 4.90 Å². The summed E-state index contributed by atoms with van der Waals surface area (Å²) in [5, 5.41) is 1.42. The van der Waals surface area contributed by atoms with Gasteiger partial charge < -0.3 is 0 Å². The molecule has 0 aromatic heterocycles. The van der Waals surface area contributed by atoms with Crippen LogP contribution >= 0.6 is 0 Å². The van der Waals surface area contributed by atoms with E-state index in [1.807, 2.05) is 0 Å². The molecule has 0 fully saturated rings. The van der Waals surface area contributed by atoms with Crippen LogP contribution in [-0.4, -0.2) is 14.7 Å². The zero-order chi connectivity index (χ0) is 11.1. The smallest absolute Gasteiger partial charge is 0.175 e. The standard InChI is InChI=1S/C11H9FO2S/c1-15(13,14)11-5-3-8-2-4-10(12)6-9(8)7-11/h2-7H,1H3. The molecule has 0 bridgehead atoms. The molecule has 15 heavy (non-hydrogen) atoms. The summed E-state index contributed by atoms with van der Waals surface area (Å²) >= 11 is 0. The lowest BCUT2D eigenvalue weighted by atomic mass is 10.1. The van der Waals surface area contributed by atoms with E-state index in [4.69, 9.17) is 0 Å². The second kappa shape index (κ2) is 3.31. The molecule has 0 aliphatic rings. The molecule has 2 aromatic rings. The Hall–Kier alpha value is -1.42. The summed E-state index contributed by atoms with van der Waals surface area (Å²) in [6, 6.07) is 8.97. The van der Waals surface area contributed by atoms with E-state index in [1.54, 1.807) is 12.1 Å². The quantitative estimate of drug-likeness (QED) is 0.745. The Bertz CT molecular complexity index is 618. The Morgan fingerprint density at radius 2 is 1.67 bits per heavy atom. The van der Waals surface area contributed by atoms with E-state index >= 15 is 0 Å². The van der Waals surface area contributed by atoms with Gasteiger partial charge in [0, 0.05) is 6.26 Å². The van der Waals surface area contributed by atoms with E-state index in [0.717, 1.165) is 11.6 Å². The molecule has 0 aliphatic heterocycles. The van der Waals surface area contributed by atoms with Crippen molar-refractivity contribution in [1.29, 1.82) is 0 Å². The fraction of sp³-hybridized carbons (Fsp3) is 0.0909. The number of benzene rings is 2. The average molecular weight is 224 g/mol. The summed E-state index contributed by atoms with van der Waals surface area (Å²) in [5.41, 5.74) is 0. The molecule has 0 heterocycles. The molecule has 2 rings (SSSR count). The Balaban J connectivity index is 2.75. The third kappa shape index (κ3) is 1.99. The van der Waals surface area contributed by atoms with E-state index in [2.05, 4.69) is 0 Å². The van der Waals surface area contributed by atoms with E-state index in [9.17, 15) is 12.8 Å². The van der Waals surface area contributed by atoms with E-state index < -0.39 is 9.84 Å². The monoisotopic (exact) mass is 224 g/mol. The first-order valence-corrected chi connectivity index (χ1v) is 6.25. The van der Waals surface area contributed by atoms with Crippen LogP contribution in [0.5, 0.6) is 0 Å². The van der Waals surface area contributed by atoms with Crippen LogP contribution in [0.4, 0.5) is 4.39 Å². The molecule has 0 spiro atoms. The van der Waals surface area contributed by atoms with Crippen molar-refractivity contribution in [2.24, 2.45) is 0 Å². The molecule has 0 saturated heterocycles. The van der Waals surface area contributed by atoms with E-state index in [-0.39, 0.29) is 10.7 Å². The third-order valence-electron chi connectivity index (χ3n) is 2.20. The van der Waals surface area contributed by atoms with Gasteiger partial charge in [0.1, 0.15) is 5.82 Å². The first-order chi connectivity index (χ1) is 6.97. The maximum atomic E-state index is 12.9. The predicted octanol–water partition coefficient (Wildman–Crippen LogP) is 2.38. The van der Waals surface area contributed by atoms with E-state index in [0.29, 0.717) is 5.39 Å². The molecule has 0 unspecified atom stereocenters. The largest absolute Gasteiger partial charge is 0.224 e. The summed E-state index contributed by atoms with van der Waals surface area (Å²) in [4.78, 5) is 0.209. The summed E-state index contributed by atoms with van der Waals surface area (Å²) in [6.45, 7) is 0. The Labute approximate surface area is 87.3 Å². The minimum absolute atomic E-state index is 0.209. The lowest BCUT2D eigenvalue weighted by Gasteiger charge is -2.01. The molecule has 0 aliphatic carbocycles. The minimum Gasteiger partial charge on any atom is -0.224 e. The number of hydrogen-bond acceptors (Lipinski definition) is 2. The number of rotatable bonds is 1. The first kappa shape index (κ1) is 10.1. The van der Waals surface area contributed by atoms with Gasteiger partial charge in [0.2, 0.25) is 0 Å². The topological polar surface area (TPSA) is 34.1 Å². The second-order valence-corrected chi connectivity index (χ2v) is 5.44. The van der Waals surface area contributed by atoms with Gasteiger partial charge in [-0.2, -0.15) is 0 Å². The van der Waals surface area contributed by atoms with Crippen LogP contribution in [0.2, 0.25) is 0 Å². The SMILES string of the molecule is CS(=O)(=O)c1ccc2ccc(F)cc2c1. The van der Waals surface area contributed by atoms with Gasteiger partial charge >= 0.3 is 0 Å². The maximum absolute atomic E-state index is 12.9. The van der Waals surface area contributed by atoms with Gasteiger partial charge in [-0.1, -0.05) is 12.1 Å². The normalized spacial score (nSPS) is 11.9. The zero-order valence-corrected chi connectivity index (χ0v) is 8.88. The fourth-order valence-electron chi connectivity index (χ4n) is 1.43. The number of fused-ring (bicyclic) bond motifs is 1. The van der Waals surface area contributed by atoms with Crippen LogP contribution in [-0.2, 0) is 9.84 Å². The highest BCUT2D eigenvalue weighted by molar-refractivity contribution is 7.90. The van der Waals surface area contributed by atoms with Gasteiger partial charge in [-0.05, 0) is 35.0 Å². The van der Waals surface area contributed by atoms with Crippen molar-refractivity contribution in [1.82, 2.24) is 0 Å².